The van der Waals surface area contributed by atoms with Crippen LogP contribution in [0, 0.1) is 16.0 Å². The van der Waals surface area contributed by atoms with Crippen molar-refractivity contribution < 1.29 is 19.2 Å². The van der Waals surface area contributed by atoms with E-state index in [2.05, 4.69) is 18.8 Å². The van der Waals surface area contributed by atoms with Gasteiger partial charge in [0.25, 0.3) is 5.03 Å². The van der Waals surface area contributed by atoms with Crippen molar-refractivity contribution in [3.05, 3.63) is 58.1 Å². The molecule has 1 aromatic heterocycles. The predicted molar refractivity (Wildman–Crippen MR) is 121 cm³/mol. The first-order valence-electron chi connectivity index (χ1n) is 10.6. The molecule has 168 valence electrons. The van der Waals surface area contributed by atoms with Gasteiger partial charge >= 0.3 is 11.8 Å². The summed E-state index contributed by atoms with van der Waals surface area (Å²) in [5, 5.41) is 11.5. The number of carbonyl (C=O) groups is 1. The molecule has 1 heterocycles. The van der Waals surface area contributed by atoms with Gasteiger partial charge in [0.1, 0.15) is 6.61 Å². The van der Waals surface area contributed by atoms with E-state index in [1.54, 1.807) is 6.07 Å². The average molecular weight is 447 g/mol. The van der Waals surface area contributed by atoms with E-state index in [0.29, 0.717) is 35.7 Å². The third-order valence-electron chi connectivity index (χ3n) is 4.80. The van der Waals surface area contributed by atoms with Crippen LogP contribution in [0.4, 0.5) is 5.82 Å². The largest absolute Gasteiger partial charge is 0.484 e. The SMILES string of the molecule is CCCCC(CC)COC(=O)CCSc1nc([N+](=O)[O-])ccc1OCc1ccccc1. The summed E-state index contributed by atoms with van der Waals surface area (Å²) in [4.78, 5) is 26.7. The van der Waals surface area contributed by atoms with Gasteiger partial charge in [-0.2, -0.15) is 0 Å². The molecule has 0 saturated carbocycles. The van der Waals surface area contributed by atoms with Gasteiger partial charge in [0.05, 0.1) is 13.0 Å². The van der Waals surface area contributed by atoms with Crippen LogP contribution in [0.1, 0.15) is 51.5 Å². The minimum absolute atomic E-state index is 0.206. The second-order valence-electron chi connectivity index (χ2n) is 7.20. The second-order valence-corrected chi connectivity index (χ2v) is 8.29. The maximum Gasteiger partial charge on any atom is 0.364 e. The Morgan fingerprint density at radius 3 is 2.65 bits per heavy atom. The molecule has 2 aromatic rings. The lowest BCUT2D eigenvalue weighted by Gasteiger charge is -2.14. The van der Waals surface area contributed by atoms with Crippen LogP contribution in [0.5, 0.6) is 5.75 Å². The van der Waals surface area contributed by atoms with E-state index in [1.165, 1.54) is 17.8 Å². The van der Waals surface area contributed by atoms with Gasteiger partial charge in [-0.25, -0.2) is 0 Å². The molecule has 1 atom stereocenters. The molecule has 0 fully saturated rings. The van der Waals surface area contributed by atoms with Gasteiger partial charge in [-0.15, -0.1) is 0 Å². The van der Waals surface area contributed by atoms with Crippen LogP contribution in [0.2, 0.25) is 0 Å². The Hall–Kier alpha value is -2.61. The molecule has 0 amide bonds. The van der Waals surface area contributed by atoms with Gasteiger partial charge in [0, 0.05) is 11.8 Å². The number of esters is 1. The lowest BCUT2D eigenvalue weighted by molar-refractivity contribution is -0.390. The smallest absolute Gasteiger partial charge is 0.364 e. The summed E-state index contributed by atoms with van der Waals surface area (Å²) >= 11 is 1.25. The molecule has 0 aliphatic heterocycles. The van der Waals surface area contributed by atoms with E-state index in [4.69, 9.17) is 9.47 Å². The fourth-order valence-electron chi connectivity index (χ4n) is 2.88. The van der Waals surface area contributed by atoms with Crippen LogP contribution in [-0.2, 0) is 16.1 Å². The number of aromatic nitrogens is 1. The summed E-state index contributed by atoms with van der Waals surface area (Å²) < 4.78 is 11.2. The van der Waals surface area contributed by atoms with Gasteiger partial charge in [0.2, 0.25) is 0 Å². The van der Waals surface area contributed by atoms with E-state index in [-0.39, 0.29) is 18.2 Å². The lowest BCUT2D eigenvalue weighted by Crippen LogP contribution is -2.14. The molecule has 0 aliphatic carbocycles. The summed E-state index contributed by atoms with van der Waals surface area (Å²) in [6, 6.07) is 12.5. The monoisotopic (exact) mass is 446 g/mol. The van der Waals surface area contributed by atoms with Crippen LogP contribution in [-0.4, -0.2) is 28.2 Å². The highest BCUT2D eigenvalue weighted by Gasteiger charge is 2.18. The molecule has 0 spiro atoms. The number of hydrogen-bond donors (Lipinski definition) is 0. The summed E-state index contributed by atoms with van der Waals surface area (Å²) in [5.74, 6) is 0.741. The zero-order valence-electron chi connectivity index (χ0n) is 18.1. The Labute approximate surface area is 187 Å². The summed E-state index contributed by atoms with van der Waals surface area (Å²) in [6.45, 7) is 5.03. The highest BCUT2D eigenvalue weighted by molar-refractivity contribution is 7.99. The van der Waals surface area contributed by atoms with E-state index in [9.17, 15) is 14.9 Å². The maximum absolute atomic E-state index is 12.1. The van der Waals surface area contributed by atoms with Crippen molar-refractivity contribution in [2.75, 3.05) is 12.4 Å². The van der Waals surface area contributed by atoms with Crippen molar-refractivity contribution in [1.29, 1.82) is 0 Å². The van der Waals surface area contributed by atoms with Crippen LogP contribution >= 0.6 is 11.8 Å². The van der Waals surface area contributed by atoms with Gasteiger partial charge in [0.15, 0.2) is 5.75 Å². The number of nitro groups is 1. The molecule has 2 rings (SSSR count). The van der Waals surface area contributed by atoms with Crippen molar-refractivity contribution in [2.24, 2.45) is 5.92 Å². The number of unbranched alkanes of at least 4 members (excludes halogenated alkanes) is 1. The normalized spacial score (nSPS) is 11.7. The van der Waals surface area contributed by atoms with E-state index >= 15 is 0 Å². The Morgan fingerprint density at radius 2 is 1.97 bits per heavy atom. The topological polar surface area (TPSA) is 91.6 Å². The Balaban J connectivity index is 1.90. The number of hydrogen-bond acceptors (Lipinski definition) is 7. The van der Waals surface area contributed by atoms with E-state index < -0.39 is 4.92 Å². The second kappa shape index (κ2) is 13.6. The van der Waals surface area contributed by atoms with Crippen molar-refractivity contribution in [3.63, 3.8) is 0 Å². The first-order chi connectivity index (χ1) is 15.0. The van der Waals surface area contributed by atoms with Crippen molar-refractivity contribution in [3.8, 4) is 5.75 Å². The number of pyridine rings is 1. The molecule has 0 bridgehead atoms. The maximum atomic E-state index is 12.1. The van der Waals surface area contributed by atoms with Crippen LogP contribution in [0.25, 0.3) is 0 Å². The molecule has 0 N–H and O–H groups in total. The highest BCUT2D eigenvalue weighted by Crippen LogP contribution is 2.30. The molecular formula is C23H30N2O5S. The molecular weight excluding hydrogens is 416 g/mol. The Bertz CT molecular complexity index is 832. The molecule has 0 saturated heterocycles. The minimum atomic E-state index is -0.541. The Kier molecular flexibility index (Phi) is 10.9. The van der Waals surface area contributed by atoms with E-state index in [0.717, 1.165) is 31.2 Å². The zero-order valence-corrected chi connectivity index (χ0v) is 18.9. The van der Waals surface area contributed by atoms with Gasteiger partial charge in [-0.1, -0.05) is 75.2 Å². The van der Waals surface area contributed by atoms with Gasteiger partial charge < -0.3 is 19.6 Å². The van der Waals surface area contributed by atoms with E-state index in [1.807, 2.05) is 30.3 Å². The third kappa shape index (κ3) is 8.96. The number of ether oxygens (including phenoxy) is 2. The van der Waals surface area contributed by atoms with Crippen LogP contribution in [0.15, 0.2) is 47.5 Å². The summed E-state index contributed by atoms with van der Waals surface area (Å²) in [5.41, 5.74) is 0.980. The third-order valence-corrected chi connectivity index (χ3v) is 5.78. The predicted octanol–water partition coefficient (Wildman–Crippen LogP) is 5.81. The average Bonchev–Trinajstić information content (AvgIpc) is 2.78. The lowest BCUT2D eigenvalue weighted by atomic mass is 10.0. The number of carbonyl (C=O) groups excluding carboxylic acids is 1. The standard InChI is InChI=1S/C23H30N2O5S/c1-3-5-9-18(4-2)16-30-22(26)14-15-31-23-20(12-13-21(24-23)25(27)28)29-17-19-10-7-6-8-11-19/h6-8,10-13,18H,3-5,9,14-17H2,1-2H3. The fraction of sp³-hybridized carbons (Fsp3) is 0.478. The van der Waals surface area contributed by atoms with Crippen LogP contribution in [0.3, 0.4) is 0 Å². The minimum Gasteiger partial charge on any atom is -0.484 e. The van der Waals surface area contributed by atoms with Crippen molar-refractivity contribution >= 4 is 23.5 Å². The summed E-state index contributed by atoms with van der Waals surface area (Å²) in [6.07, 6.45) is 4.52. The summed E-state index contributed by atoms with van der Waals surface area (Å²) in [7, 11) is 0. The zero-order chi connectivity index (χ0) is 22.5. The first-order valence-corrected chi connectivity index (χ1v) is 11.6. The molecule has 1 aromatic carbocycles. The Morgan fingerprint density at radius 1 is 1.19 bits per heavy atom. The number of nitrogens with zero attached hydrogens (tertiary/aromatic N) is 2. The molecule has 7 nitrogen and oxygen atoms in total. The quantitative estimate of drug-likeness (QED) is 0.156. The highest BCUT2D eigenvalue weighted by atomic mass is 32.2. The number of thioether (sulfide) groups is 1. The molecule has 0 aliphatic rings. The first kappa shape index (κ1) is 24.7. The molecule has 0 radical (unpaired) electrons. The molecule has 31 heavy (non-hydrogen) atoms. The van der Waals surface area contributed by atoms with Gasteiger partial charge in [-0.05, 0) is 33.9 Å². The van der Waals surface area contributed by atoms with Crippen LogP contribution < -0.4 is 4.74 Å². The van der Waals surface area contributed by atoms with Gasteiger partial charge in [-0.3, -0.25) is 4.79 Å². The molecule has 1 unspecified atom stereocenters. The van der Waals surface area contributed by atoms with Crippen molar-refractivity contribution in [1.82, 2.24) is 4.98 Å². The van der Waals surface area contributed by atoms with Crippen molar-refractivity contribution in [2.45, 2.75) is 57.6 Å². The number of benzene rings is 1. The molecule has 8 heteroatoms. The fourth-order valence-corrected chi connectivity index (χ4v) is 3.77. The number of rotatable bonds is 14.